The number of carbonyl (C=O) groups is 1. The van der Waals surface area contributed by atoms with Crippen LogP contribution in [0.15, 0.2) is 30.5 Å². The minimum Gasteiger partial charge on any atom is -0.481 e. The number of carboxylic acids is 1. The number of fused-ring (bicyclic) bond motifs is 1. The zero-order valence-corrected chi connectivity index (χ0v) is 10.3. The van der Waals surface area contributed by atoms with Gasteiger partial charge in [0.15, 0.2) is 0 Å². The maximum Gasteiger partial charge on any atom is 0.303 e. The fourth-order valence-electron chi connectivity index (χ4n) is 2.39. The summed E-state index contributed by atoms with van der Waals surface area (Å²) in [5.41, 5.74) is 2.37. The largest absolute Gasteiger partial charge is 0.481 e. The highest BCUT2D eigenvalue weighted by molar-refractivity contribution is 5.81. The first kappa shape index (κ1) is 11.3. The van der Waals surface area contributed by atoms with Crippen molar-refractivity contribution in [1.29, 1.82) is 0 Å². The second-order valence-corrected chi connectivity index (χ2v) is 5.20. The molecule has 1 aliphatic carbocycles. The van der Waals surface area contributed by atoms with Gasteiger partial charge in [-0.05, 0) is 54.3 Å². The first-order valence-corrected chi connectivity index (χ1v) is 6.52. The molecule has 1 aliphatic rings. The highest BCUT2D eigenvalue weighted by atomic mass is 16.4. The lowest BCUT2D eigenvalue weighted by molar-refractivity contribution is -0.136. The van der Waals surface area contributed by atoms with Gasteiger partial charge in [-0.2, -0.15) is 0 Å². The minimum absolute atomic E-state index is 0.203. The third-order valence-electron chi connectivity index (χ3n) is 3.61. The molecule has 0 amide bonds. The lowest BCUT2D eigenvalue weighted by Crippen LogP contribution is -1.98. The third kappa shape index (κ3) is 2.40. The molecule has 0 radical (unpaired) electrons. The highest BCUT2D eigenvalue weighted by Crippen LogP contribution is 2.32. The summed E-state index contributed by atoms with van der Waals surface area (Å²) in [6.07, 6.45) is 5.67. The molecule has 0 unspecified atom stereocenters. The molecule has 1 heterocycles. The van der Waals surface area contributed by atoms with Gasteiger partial charge in [0, 0.05) is 24.7 Å². The van der Waals surface area contributed by atoms with E-state index in [1.54, 1.807) is 0 Å². The van der Waals surface area contributed by atoms with E-state index in [1.807, 2.05) is 0 Å². The Kier molecular flexibility index (Phi) is 2.82. The summed E-state index contributed by atoms with van der Waals surface area (Å²) in [6, 6.07) is 8.41. The number of hydrogen-bond acceptors (Lipinski definition) is 1. The van der Waals surface area contributed by atoms with E-state index in [0.717, 1.165) is 18.0 Å². The van der Waals surface area contributed by atoms with Crippen molar-refractivity contribution in [2.45, 2.75) is 32.2 Å². The Morgan fingerprint density at radius 1 is 1.33 bits per heavy atom. The second-order valence-electron chi connectivity index (χ2n) is 5.20. The number of aromatic nitrogens is 1. The summed E-state index contributed by atoms with van der Waals surface area (Å²) >= 11 is 0. The molecular formula is C15H17NO2. The molecule has 1 fully saturated rings. The van der Waals surface area contributed by atoms with Gasteiger partial charge in [-0.15, -0.1) is 0 Å². The quantitative estimate of drug-likeness (QED) is 0.877. The lowest BCUT2D eigenvalue weighted by atomic mass is 10.1. The second kappa shape index (κ2) is 4.48. The molecule has 1 aromatic heterocycles. The van der Waals surface area contributed by atoms with Gasteiger partial charge in [-0.3, -0.25) is 4.79 Å². The maximum atomic E-state index is 10.6. The van der Waals surface area contributed by atoms with E-state index in [9.17, 15) is 4.79 Å². The average molecular weight is 243 g/mol. The molecule has 0 spiro atoms. The van der Waals surface area contributed by atoms with Gasteiger partial charge < -0.3 is 9.67 Å². The van der Waals surface area contributed by atoms with Crippen molar-refractivity contribution >= 4 is 16.9 Å². The fraction of sp³-hybridized carbons (Fsp3) is 0.400. The van der Waals surface area contributed by atoms with Crippen LogP contribution in [0.1, 0.15) is 24.8 Å². The Morgan fingerprint density at radius 3 is 2.89 bits per heavy atom. The Morgan fingerprint density at radius 2 is 2.17 bits per heavy atom. The first-order chi connectivity index (χ1) is 8.72. The van der Waals surface area contributed by atoms with Crippen molar-refractivity contribution in [1.82, 2.24) is 4.57 Å². The molecule has 1 aromatic carbocycles. The molecule has 0 atom stereocenters. The standard InChI is InChI=1S/C15H17NO2/c17-15(18)6-4-11-3-5-14-13(9-11)7-8-16(14)10-12-1-2-12/h3,5,7-9,12H,1-2,4,6,10H2,(H,17,18). The molecule has 1 saturated carbocycles. The molecule has 0 saturated heterocycles. The van der Waals surface area contributed by atoms with E-state index in [-0.39, 0.29) is 6.42 Å². The van der Waals surface area contributed by atoms with Gasteiger partial charge in [-0.25, -0.2) is 0 Å². The Hall–Kier alpha value is -1.77. The van der Waals surface area contributed by atoms with E-state index in [0.29, 0.717) is 6.42 Å². The maximum absolute atomic E-state index is 10.6. The predicted octanol–water partition coefficient (Wildman–Crippen LogP) is 3.07. The topological polar surface area (TPSA) is 42.2 Å². The molecule has 0 bridgehead atoms. The van der Waals surface area contributed by atoms with Gasteiger partial charge in [0.2, 0.25) is 0 Å². The normalized spacial score (nSPS) is 15.1. The molecule has 94 valence electrons. The van der Waals surface area contributed by atoms with E-state index < -0.39 is 5.97 Å². The van der Waals surface area contributed by atoms with E-state index in [4.69, 9.17) is 5.11 Å². The number of aliphatic carboxylic acids is 1. The van der Waals surface area contributed by atoms with Crippen molar-refractivity contribution in [3.8, 4) is 0 Å². The van der Waals surface area contributed by atoms with E-state index in [1.165, 1.54) is 23.7 Å². The Labute approximate surface area is 106 Å². The molecule has 3 rings (SSSR count). The molecule has 3 heteroatoms. The van der Waals surface area contributed by atoms with Crippen molar-refractivity contribution in [3.05, 3.63) is 36.0 Å². The third-order valence-corrected chi connectivity index (χ3v) is 3.61. The molecule has 2 aromatic rings. The van der Waals surface area contributed by atoms with E-state index >= 15 is 0 Å². The van der Waals surface area contributed by atoms with Crippen LogP contribution in [0.25, 0.3) is 10.9 Å². The van der Waals surface area contributed by atoms with E-state index in [2.05, 4.69) is 35.0 Å². The van der Waals surface area contributed by atoms with Crippen LogP contribution in [0.2, 0.25) is 0 Å². The molecule has 1 N–H and O–H groups in total. The number of aryl methyl sites for hydroxylation is 1. The average Bonchev–Trinajstić information content (AvgIpc) is 3.08. The summed E-state index contributed by atoms with van der Waals surface area (Å²) in [7, 11) is 0. The van der Waals surface area contributed by atoms with Crippen LogP contribution >= 0.6 is 0 Å². The summed E-state index contributed by atoms with van der Waals surface area (Å²) in [6.45, 7) is 1.12. The van der Waals surface area contributed by atoms with Gasteiger partial charge in [0.05, 0.1) is 0 Å². The highest BCUT2D eigenvalue weighted by Gasteiger charge is 2.21. The molecular weight excluding hydrogens is 226 g/mol. The van der Waals surface area contributed by atoms with Crippen LogP contribution in [0, 0.1) is 5.92 Å². The summed E-state index contributed by atoms with van der Waals surface area (Å²) in [5.74, 6) is 0.133. The summed E-state index contributed by atoms with van der Waals surface area (Å²) < 4.78 is 2.31. The van der Waals surface area contributed by atoms with Crippen molar-refractivity contribution in [2.24, 2.45) is 5.92 Å². The zero-order chi connectivity index (χ0) is 12.5. The summed E-state index contributed by atoms with van der Waals surface area (Å²) in [5, 5.41) is 9.92. The number of rotatable bonds is 5. The van der Waals surface area contributed by atoms with Crippen LogP contribution in [-0.2, 0) is 17.8 Å². The van der Waals surface area contributed by atoms with Crippen LogP contribution in [0.3, 0.4) is 0 Å². The van der Waals surface area contributed by atoms with Crippen LogP contribution < -0.4 is 0 Å². The molecule has 18 heavy (non-hydrogen) atoms. The van der Waals surface area contributed by atoms with Crippen molar-refractivity contribution in [3.63, 3.8) is 0 Å². The van der Waals surface area contributed by atoms with Gasteiger partial charge >= 0.3 is 5.97 Å². The van der Waals surface area contributed by atoms with Gasteiger partial charge in [0.25, 0.3) is 0 Å². The Bertz CT molecular complexity index is 581. The monoisotopic (exact) mass is 243 g/mol. The zero-order valence-electron chi connectivity index (χ0n) is 10.3. The van der Waals surface area contributed by atoms with Crippen molar-refractivity contribution in [2.75, 3.05) is 0 Å². The Balaban J connectivity index is 1.81. The van der Waals surface area contributed by atoms with Gasteiger partial charge in [-0.1, -0.05) is 6.07 Å². The lowest BCUT2D eigenvalue weighted by Gasteiger charge is -2.05. The summed E-state index contributed by atoms with van der Waals surface area (Å²) in [4.78, 5) is 10.6. The number of hydrogen-bond donors (Lipinski definition) is 1. The SMILES string of the molecule is O=C(O)CCc1ccc2c(ccn2CC2CC2)c1. The number of benzene rings is 1. The number of carboxylic acid groups (broad SMARTS) is 1. The minimum atomic E-state index is -0.735. The number of nitrogens with zero attached hydrogens (tertiary/aromatic N) is 1. The van der Waals surface area contributed by atoms with Crippen LogP contribution in [-0.4, -0.2) is 15.6 Å². The molecule has 0 aliphatic heterocycles. The fourth-order valence-corrected chi connectivity index (χ4v) is 2.39. The predicted molar refractivity (Wildman–Crippen MR) is 70.6 cm³/mol. The smallest absolute Gasteiger partial charge is 0.303 e. The van der Waals surface area contributed by atoms with Crippen LogP contribution in [0.4, 0.5) is 0 Å². The van der Waals surface area contributed by atoms with Crippen molar-refractivity contribution < 1.29 is 9.90 Å². The molecule has 3 nitrogen and oxygen atoms in total. The van der Waals surface area contributed by atoms with Gasteiger partial charge in [0.1, 0.15) is 0 Å². The van der Waals surface area contributed by atoms with Crippen LogP contribution in [0.5, 0.6) is 0 Å². The first-order valence-electron chi connectivity index (χ1n) is 6.52.